The van der Waals surface area contributed by atoms with Gasteiger partial charge in [-0.05, 0) is 62.5 Å². The fraction of sp³-hybridized carbons (Fsp3) is 0.625. The molecule has 1 aliphatic heterocycles. The van der Waals surface area contributed by atoms with Crippen molar-refractivity contribution in [2.75, 3.05) is 13.6 Å². The molecule has 1 fully saturated rings. The summed E-state index contributed by atoms with van der Waals surface area (Å²) in [6.07, 6.45) is 6.15. The van der Waals surface area contributed by atoms with E-state index in [9.17, 15) is 5.11 Å². The molecule has 1 aromatic carbocycles. The van der Waals surface area contributed by atoms with E-state index in [2.05, 4.69) is 24.9 Å². The largest absolute Gasteiger partial charge is 0.508 e. The number of likely N-dealkylation sites (tertiary alicyclic amines) is 1. The first kappa shape index (κ1) is 14.9. The number of halogens is 1. The Morgan fingerprint density at radius 1 is 1.42 bits per heavy atom. The number of benzene rings is 1. The SMILES string of the molecule is Br.CCC[C@]12CCN(C)[C@@H]1CCc1ccc(O)cc12. The number of aromatic hydroxyl groups is 1. The van der Waals surface area contributed by atoms with Crippen LogP contribution in [0.1, 0.15) is 43.7 Å². The van der Waals surface area contributed by atoms with Crippen LogP contribution in [0.15, 0.2) is 18.2 Å². The zero-order chi connectivity index (χ0) is 12.8. The van der Waals surface area contributed by atoms with E-state index in [1.54, 1.807) is 0 Å². The fourth-order valence-electron chi connectivity index (χ4n) is 4.34. The summed E-state index contributed by atoms with van der Waals surface area (Å²) < 4.78 is 0. The molecule has 19 heavy (non-hydrogen) atoms. The predicted molar refractivity (Wildman–Crippen MR) is 84.4 cm³/mol. The molecule has 1 aliphatic carbocycles. The zero-order valence-electron chi connectivity index (χ0n) is 11.9. The lowest BCUT2D eigenvalue weighted by molar-refractivity contribution is 0.205. The number of aryl methyl sites for hydroxylation is 1. The number of hydrogen-bond donors (Lipinski definition) is 1. The van der Waals surface area contributed by atoms with E-state index in [4.69, 9.17) is 0 Å². The van der Waals surface area contributed by atoms with Crippen molar-refractivity contribution >= 4 is 17.0 Å². The molecule has 3 rings (SSSR count). The molecule has 2 aliphatic rings. The Hall–Kier alpha value is -0.540. The van der Waals surface area contributed by atoms with E-state index >= 15 is 0 Å². The second-order valence-corrected chi connectivity index (χ2v) is 6.03. The van der Waals surface area contributed by atoms with Crippen molar-refractivity contribution in [1.29, 1.82) is 0 Å². The van der Waals surface area contributed by atoms with Gasteiger partial charge in [0, 0.05) is 11.5 Å². The van der Waals surface area contributed by atoms with Crippen LogP contribution in [-0.2, 0) is 11.8 Å². The summed E-state index contributed by atoms with van der Waals surface area (Å²) >= 11 is 0. The first-order valence-corrected chi connectivity index (χ1v) is 7.20. The first-order chi connectivity index (χ1) is 8.67. The lowest BCUT2D eigenvalue weighted by atomic mass is 9.64. The van der Waals surface area contributed by atoms with Gasteiger partial charge in [-0.1, -0.05) is 19.4 Å². The number of phenolic OH excluding ortho intramolecular Hbond substituents is 1. The van der Waals surface area contributed by atoms with Gasteiger partial charge in [-0.3, -0.25) is 0 Å². The van der Waals surface area contributed by atoms with Gasteiger partial charge >= 0.3 is 0 Å². The van der Waals surface area contributed by atoms with Gasteiger partial charge in [0.1, 0.15) is 5.75 Å². The third kappa shape index (κ3) is 2.21. The van der Waals surface area contributed by atoms with Crippen molar-refractivity contribution in [2.45, 2.75) is 50.5 Å². The minimum absolute atomic E-state index is 0. The Balaban J connectivity index is 0.00000133. The second-order valence-electron chi connectivity index (χ2n) is 6.03. The molecule has 3 heteroatoms. The average Bonchev–Trinajstić information content (AvgIpc) is 2.68. The third-order valence-corrected chi connectivity index (χ3v) is 5.09. The van der Waals surface area contributed by atoms with Crippen LogP contribution in [0.25, 0.3) is 0 Å². The highest BCUT2D eigenvalue weighted by Crippen LogP contribution is 2.49. The van der Waals surface area contributed by atoms with E-state index in [1.807, 2.05) is 12.1 Å². The Kier molecular flexibility index (Phi) is 4.26. The maximum Gasteiger partial charge on any atom is 0.115 e. The minimum Gasteiger partial charge on any atom is -0.508 e. The summed E-state index contributed by atoms with van der Waals surface area (Å²) in [7, 11) is 2.26. The molecular weight excluding hydrogens is 302 g/mol. The quantitative estimate of drug-likeness (QED) is 0.897. The Bertz CT molecular complexity index is 458. The molecule has 0 unspecified atom stereocenters. The van der Waals surface area contributed by atoms with Crippen LogP contribution in [0.5, 0.6) is 5.75 Å². The number of nitrogens with zero attached hydrogens (tertiary/aromatic N) is 1. The maximum atomic E-state index is 9.84. The van der Waals surface area contributed by atoms with E-state index in [1.165, 1.54) is 43.4 Å². The average molecular weight is 326 g/mol. The molecule has 2 atom stereocenters. The summed E-state index contributed by atoms with van der Waals surface area (Å²) in [4.78, 5) is 2.53. The molecule has 1 aromatic rings. The highest BCUT2D eigenvalue weighted by Gasteiger charge is 2.49. The highest BCUT2D eigenvalue weighted by atomic mass is 79.9. The lowest BCUT2D eigenvalue weighted by Crippen LogP contribution is -2.44. The zero-order valence-corrected chi connectivity index (χ0v) is 13.6. The van der Waals surface area contributed by atoms with E-state index in [-0.39, 0.29) is 17.0 Å². The van der Waals surface area contributed by atoms with E-state index < -0.39 is 0 Å². The summed E-state index contributed by atoms with van der Waals surface area (Å²) in [6, 6.07) is 6.69. The number of rotatable bonds is 2. The Morgan fingerprint density at radius 2 is 2.21 bits per heavy atom. The van der Waals surface area contributed by atoms with Crippen molar-refractivity contribution < 1.29 is 5.11 Å². The van der Waals surface area contributed by atoms with Gasteiger partial charge in [-0.2, -0.15) is 0 Å². The van der Waals surface area contributed by atoms with E-state index in [0.29, 0.717) is 17.2 Å². The van der Waals surface area contributed by atoms with Gasteiger partial charge in [0.15, 0.2) is 0 Å². The molecule has 0 aromatic heterocycles. The molecule has 106 valence electrons. The van der Waals surface area contributed by atoms with Crippen LogP contribution in [0.2, 0.25) is 0 Å². The van der Waals surface area contributed by atoms with Crippen molar-refractivity contribution in [2.24, 2.45) is 0 Å². The van der Waals surface area contributed by atoms with Crippen LogP contribution in [0, 0.1) is 0 Å². The molecule has 0 radical (unpaired) electrons. The molecule has 1 N–H and O–H groups in total. The Morgan fingerprint density at radius 3 is 2.95 bits per heavy atom. The minimum atomic E-state index is 0. The van der Waals surface area contributed by atoms with Crippen LogP contribution >= 0.6 is 17.0 Å². The Labute approximate surface area is 126 Å². The molecule has 0 saturated carbocycles. The van der Waals surface area contributed by atoms with Crippen molar-refractivity contribution in [3.8, 4) is 5.75 Å². The smallest absolute Gasteiger partial charge is 0.115 e. The molecular formula is C16H24BrNO. The second kappa shape index (κ2) is 5.45. The van der Waals surface area contributed by atoms with Crippen molar-refractivity contribution in [1.82, 2.24) is 4.90 Å². The van der Waals surface area contributed by atoms with Crippen LogP contribution in [0.4, 0.5) is 0 Å². The fourth-order valence-corrected chi connectivity index (χ4v) is 4.34. The number of hydrogen-bond acceptors (Lipinski definition) is 2. The first-order valence-electron chi connectivity index (χ1n) is 7.20. The van der Waals surface area contributed by atoms with Gasteiger partial charge in [0.2, 0.25) is 0 Å². The van der Waals surface area contributed by atoms with Crippen LogP contribution in [0.3, 0.4) is 0 Å². The normalized spacial score (nSPS) is 29.5. The van der Waals surface area contributed by atoms with Crippen molar-refractivity contribution in [3.05, 3.63) is 29.3 Å². The lowest BCUT2D eigenvalue weighted by Gasteiger charge is -2.43. The van der Waals surface area contributed by atoms with E-state index in [0.717, 1.165) is 6.42 Å². The van der Waals surface area contributed by atoms with Gasteiger partial charge < -0.3 is 10.0 Å². The number of likely N-dealkylation sites (N-methyl/N-ethyl adjacent to an activating group) is 1. The van der Waals surface area contributed by atoms with Gasteiger partial charge in [-0.25, -0.2) is 0 Å². The number of phenols is 1. The molecule has 1 saturated heterocycles. The van der Waals surface area contributed by atoms with Gasteiger partial charge in [-0.15, -0.1) is 17.0 Å². The highest BCUT2D eigenvalue weighted by molar-refractivity contribution is 8.93. The summed E-state index contributed by atoms with van der Waals surface area (Å²) in [6.45, 7) is 3.47. The van der Waals surface area contributed by atoms with Gasteiger partial charge in [0.05, 0.1) is 0 Å². The van der Waals surface area contributed by atoms with Crippen LogP contribution in [-0.4, -0.2) is 29.6 Å². The topological polar surface area (TPSA) is 23.5 Å². The summed E-state index contributed by atoms with van der Waals surface area (Å²) in [5.74, 6) is 0.430. The molecule has 0 amide bonds. The third-order valence-electron chi connectivity index (χ3n) is 5.09. The standard InChI is InChI=1S/C16H23NO.BrH/c1-3-8-16-9-10-17(2)15(16)7-5-12-4-6-13(18)11-14(12)16;/h4,6,11,15,18H,3,5,7-10H2,1-2H3;1H/t15-,16-;/m1./s1. The number of fused-ring (bicyclic) bond motifs is 3. The van der Waals surface area contributed by atoms with Crippen LogP contribution < -0.4 is 0 Å². The van der Waals surface area contributed by atoms with Crippen molar-refractivity contribution in [3.63, 3.8) is 0 Å². The monoisotopic (exact) mass is 325 g/mol. The summed E-state index contributed by atoms with van der Waals surface area (Å²) in [5, 5.41) is 9.84. The summed E-state index contributed by atoms with van der Waals surface area (Å²) in [5.41, 5.74) is 3.20. The molecule has 2 nitrogen and oxygen atoms in total. The maximum absolute atomic E-state index is 9.84. The van der Waals surface area contributed by atoms with Gasteiger partial charge in [0.25, 0.3) is 0 Å². The molecule has 0 bridgehead atoms. The molecule has 0 spiro atoms. The predicted octanol–water partition coefficient (Wildman–Crippen LogP) is 3.66. The molecule has 1 heterocycles.